The first-order chi connectivity index (χ1) is 12.1. The standard InChI is InChI=1S/C19H26N2O4/c1-3-8-25-16-7-6-14(11-17(16)24-2)18(22)20-21-19(23)15-10-12-4-5-13(15)9-12/h6-7,11-13,15H,3-5,8-10H2,1-2H3,(H,20,22)(H,21,23). The third-order valence-electron chi connectivity index (χ3n) is 5.26. The van der Waals surface area contributed by atoms with Gasteiger partial charge in [0.25, 0.3) is 5.91 Å². The summed E-state index contributed by atoms with van der Waals surface area (Å²) in [5.74, 6) is 1.88. The van der Waals surface area contributed by atoms with Crippen molar-refractivity contribution in [1.29, 1.82) is 0 Å². The largest absolute Gasteiger partial charge is 0.493 e. The van der Waals surface area contributed by atoms with E-state index in [0.717, 1.165) is 25.7 Å². The molecular formula is C19H26N2O4. The minimum Gasteiger partial charge on any atom is -0.493 e. The van der Waals surface area contributed by atoms with Crippen molar-refractivity contribution in [3.63, 3.8) is 0 Å². The molecule has 136 valence electrons. The average Bonchev–Trinajstić information content (AvgIpc) is 3.27. The van der Waals surface area contributed by atoms with E-state index < -0.39 is 0 Å². The van der Waals surface area contributed by atoms with Gasteiger partial charge in [-0.15, -0.1) is 0 Å². The predicted octanol–water partition coefficient (Wildman–Crippen LogP) is 2.68. The second kappa shape index (κ2) is 7.76. The lowest BCUT2D eigenvalue weighted by Gasteiger charge is -2.21. The Balaban J connectivity index is 1.56. The lowest BCUT2D eigenvalue weighted by atomic mass is 9.88. The van der Waals surface area contributed by atoms with Crippen molar-refractivity contribution in [3.8, 4) is 11.5 Å². The summed E-state index contributed by atoms with van der Waals surface area (Å²) in [6.45, 7) is 2.61. The molecule has 0 heterocycles. The zero-order valence-electron chi connectivity index (χ0n) is 14.8. The first-order valence-electron chi connectivity index (χ1n) is 9.03. The Hall–Kier alpha value is -2.24. The van der Waals surface area contributed by atoms with Gasteiger partial charge in [0.05, 0.1) is 13.7 Å². The molecule has 0 aromatic heterocycles. The van der Waals surface area contributed by atoms with Crippen LogP contribution in [0.15, 0.2) is 18.2 Å². The SMILES string of the molecule is CCCOc1ccc(C(=O)NNC(=O)C2CC3CCC2C3)cc1OC. The molecule has 2 fully saturated rings. The van der Waals surface area contributed by atoms with Crippen molar-refractivity contribution in [3.05, 3.63) is 23.8 Å². The number of rotatable bonds is 6. The molecule has 3 unspecified atom stereocenters. The highest BCUT2D eigenvalue weighted by Gasteiger charge is 2.43. The van der Waals surface area contributed by atoms with Crippen LogP contribution in [0.5, 0.6) is 11.5 Å². The summed E-state index contributed by atoms with van der Waals surface area (Å²) in [5, 5.41) is 0. The third-order valence-corrected chi connectivity index (χ3v) is 5.26. The molecule has 2 bridgehead atoms. The minimum atomic E-state index is -0.364. The summed E-state index contributed by atoms with van der Waals surface area (Å²) in [5.41, 5.74) is 5.51. The molecule has 1 aromatic carbocycles. The van der Waals surface area contributed by atoms with Crippen LogP contribution in [-0.4, -0.2) is 25.5 Å². The number of ether oxygens (including phenoxy) is 2. The van der Waals surface area contributed by atoms with Gasteiger partial charge in [0.15, 0.2) is 11.5 Å². The van der Waals surface area contributed by atoms with E-state index in [9.17, 15) is 9.59 Å². The third kappa shape index (κ3) is 3.89. The fraction of sp³-hybridized carbons (Fsp3) is 0.579. The number of amides is 2. The summed E-state index contributed by atoms with van der Waals surface area (Å²) < 4.78 is 10.9. The summed E-state index contributed by atoms with van der Waals surface area (Å²) in [7, 11) is 1.53. The maximum atomic E-state index is 12.3. The molecule has 0 spiro atoms. The second-order valence-corrected chi connectivity index (χ2v) is 6.94. The van der Waals surface area contributed by atoms with Crippen molar-refractivity contribution < 1.29 is 19.1 Å². The van der Waals surface area contributed by atoms with Gasteiger partial charge >= 0.3 is 0 Å². The molecule has 0 aliphatic heterocycles. The van der Waals surface area contributed by atoms with E-state index in [1.807, 2.05) is 6.92 Å². The van der Waals surface area contributed by atoms with E-state index in [4.69, 9.17) is 9.47 Å². The first-order valence-corrected chi connectivity index (χ1v) is 9.03. The maximum absolute atomic E-state index is 12.3. The topological polar surface area (TPSA) is 76.7 Å². The van der Waals surface area contributed by atoms with Gasteiger partial charge in [-0.3, -0.25) is 20.4 Å². The Labute approximate surface area is 148 Å². The van der Waals surface area contributed by atoms with Crippen molar-refractivity contribution in [2.75, 3.05) is 13.7 Å². The fourth-order valence-corrected chi connectivity index (χ4v) is 3.99. The van der Waals surface area contributed by atoms with Crippen molar-refractivity contribution in [2.45, 2.75) is 39.0 Å². The molecule has 6 nitrogen and oxygen atoms in total. The summed E-state index contributed by atoms with van der Waals surface area (Å²) >= 11 is 0. The van der Waals surface area contributed by atoms with E-state index in [1.54, 1.807) is 18.2 Å². The number of hydrazine groups is 1. The van der Waals surface area contributed by atoms with Gasteiger partial charge in [0, 0.05) is 11.5 Å². The molecule has 2 amide bonds. The molecule has 2 aliphatic rings. The minimum absolute atomic E-state index is 0.0402. The van der Waals surface area contributed by atoms with E-state index in [1.165, 1.54) is 13.5 Å². The van der Waals surface area contributed by atoms with Crippen molar-refractivity contribution >= 4 is 11.8 Å². The number of carbonyl (C=O) groups excluding carboxylic acids is 2. The quantitative estimate of drug-likeness (QED) is 0.777. The Morgan fingerprint density at radius 2 is 2.00 bits per heavy atom. The number of hydrogen-bond acceptors (Lipinski definition) is 4. The molecule has 25 heavy (non-hydrogen) atoms. The molecule has 2 saturated carbocycles. The summed E-state index contributed by atoms with van der Waals surface area (Å²) in [6.07, 6.45) is 5.37. The van der Waals surface area contributed by atoms with Crippen LogP contribution < -0.4 is 20.3 Å². The molecule has 0 radical (unpaired) electrons. The van der Waals surface area contributed by atoms with Crippen LogP contribution in [0.2, 0.25) is 0 Å². The number of nitrogens with one attached hydrogen (secondary N) is 2. The van der Waals surface area contributed by atoms with Gasteiger partial charge < -0.3 is 9.47 Å². The number of methoxy groups -OCH3 is 1. The van der Waals surface area contributed by atoms with Crippen LogP contribution >= 0.6 is 0 Å². The predicted molar refractivity (Wildman–Crippen MR) is 93.3 cm³/mol. The average molecular weight is 346 g/mol. The number of benzene rings is 1. The van der Waals surface area contributed by atoms with Crippen LogP contribution in [0.3, 0.4) is 0 Å². The maximum Gasteiger partial charge on any atom is 0.269 e. The van der Waals surface area contributed by atoms with Gasteiger partial charge in [-0.25, -0.2) is 0 Å². The van der Waals surface area contributed by atoms with Gasteiger partial charge in [-0.1, -0.05) is 13.3 Å². The van der Waals surface area contributed by atoms with Crippen LogP contribution in [0.1, 0.15) is 49.4 Å². The van der Waals surface area contributed by atoms with Gasteiger partial charge in [0.1, 0.15) is 0 Å². The molecule has 1 aromatic rings. The van der Waals surface area contributed by atoms with Crippen LogP contribution in [0, 0.1) is 17.8 Å². The molecule has 0 saturated heterocycles. The Morgan fingerprint density at radius 3 is 2.64 bits per heavy atom. The Bertz CT molecular complexity index is 646. The van der Waals surface area contributed by atoms with E-state index in [-0.39, 0.29) is 17.7 Å². The van der Waals surface area contributed by atoms with E-state index >= 15 is 0 Å². The van der Waals surface area contributed by atoms with Crippen LogP contribution in [0.4, 0.5) is 0 Å². The molecule has 3 rings (SSSR count). The fourth-order valence-electron chi connectivity index (χ4n) is 3.99. The zero-order valence-corrected chi connectivity index (χ0v) is 14.8. The molecule has 2 N–H and O–H groups in total. The number of hydrogen-bond donors (Lipinski definition) is 2. The van der Waals surface area contributed by atoms with Gasteiger partial charge in [-0.05, 0) is 55.7 Å². The highest BCUT2D eigenvalue weighted by molar-refractivity contribution is 5.96. The Morgan fingerprint density at radius 1 is 1.16 bits per heavy atom. The van der Waals surface area contributed by atoms with Gasteiger partial charge in [-0.2, -0.15) is 0 Å². The lowest BCUT2D eigenvalue weighted by molar-refractivity contribution is -0.127. The van der Waals surface area contributed by atoms with Crippen LogP contribution in [-0.2, 0) is 4.79 Å². The van der Waals surface area contributed by atoms with E-state index in [2.05, 4.69) is 10.9 Å². The number of fused-ring (bicyclic) bond motifs is 2. The molecule has 6 heteroatoms. The van der Waals surface area contributed by atoms with Crippen LogP contribution in [0.25, 0.3) is 0 Å². The first kappa shape index (κ1) is 17.6. The highest BCUT2D eigenvalue weighted by Crippen LogP contribution is 2.48. The monoisotopic (exact) mass is 346 g/mol. The zero-order chi connectivity index (χ0) is 17.8. The summed E-state index contributed by atoms with van der Waals surface area (Å²) in [6, 6.07) is 4.98. The number of carbonyl (C=O) groups is 2. The van der Waals surface area contributed by atoms with E-state index in [0.29, 0.717) is 35.5 Å². The molecular weight excluding hydrogens is 320 g/mol. The highest BCUT2D eigenvalue weighted by atomic mass is 16.5. The normalized spacial score (nSPS) is 24.0. The Kier molecular flexibility index (Phi) is 5.46. The lowest BCUT2D eigenvalue weighted by Crippen LogP contribution is -2.45. The molecule has 3 atom stereocenters. The van der Waals surface area contributed by atoms with Crippen molar-refractivity contribution in [2.24, 2.45) is 17.8 Å². The van der Waals surface area contributed by atoms with Gasteiger partial charge in [0.2, 0.25) is 5.91 Å². The molecule has 2 aliphatic carbocycles. The second-order valence-electron chi connectivity index (χ2n) is 6.94. The van der Waals surface area contributed by atoms with Crippen molar-refractivity contribution in [1.82, 2.24) is 10.9 Å². The smallest absolute Gasteiger partial charge is 0.269 e. The summed E-state index contributed by atoms with van der Waals surface area (Å²) in [4.78, 5) is 24.6.